The van der Waals surface area contributed by atoms with Crippen LogP contribution in [0.15, 0.2) is 54.9 Å². The molecule has 44 heavy (non-hydrogen) atoms. The average Bonchev–Trinajstić information content (AvgIpc) is 2.99. The fourth-order valence-electron chi connectivity index (χ4n) is 5.70. The summed E-state index contributed by atoms with van der Waals surface area (Å²) in [5, 5.41) is 6.81. The minimum absolute atomic E-state index is 0.0779. The lowest BCUT2D eigenvalue weighted by atomic mass is 10.0. The van der Waals surface area contributed by atoms with Gasteiger partial charge in [-0.3, -0.25) is 14.7 Å². The van der Waals surface area contributed by atoms with Crippen molar-refractivity contribution >= 4 is 29.4 Å². The molecule has 2 fully saturated rings. The summed E-state index contributed by atoms with van der Waals surface area (Å²) in [6.07, 6.45) is 6.91. The molecule has 0 aliphatic carbocycles. The number of piperidine rings is 2. The number of benzene rings is 1. The normalized spacial score (nSPS) is 16.9. The van der Waals surface area contributed by atoms with E-state index >= 15 is 0 Å². The summed E-state index contributed by atoms with van der Waals surface area (Å²) in [4.78, 5) is 39.0. The summed E-state index contributed by atoms with van der Waals surface area (Å²) in [5.41, 5.74) is 3.91. The van der Waals surface area contributed by atoms with Crippen LogP contribution < -0.4 is 15.5 Å². The first kappa shape index (κ1) is 31.7. The molecule has 0 atom stereocenters. The summed E-state index contributed by atoms with van der Waals surface area (Å²) < 4.78 is 5.39. The van der Waals surface area contributed by atoms with Crippen molar-refractivity contribution < 1.29 is 14.3 Å². The minimum atomic E-state index is -0.494. The molecule has 5 rings (SSSR count). The lowest BCUT2D eigenvalue weighted by molar-refractivity contribution is 0.0497. The zero-order valence-electron chi connectivity index (χ0n) is 26.1. The fraction of sp³-hybridized carbons (Fsp3) is 0.471. The van der Waals surface area contributed by atoms with Crippen LogP contribution in [0.25, 0.3) is 11.1 Å². The second kappa shape index (κ2) is 13.9. The molecule has 0 saturated carbocycles. The van der Waals surface area contributed by atoms with Gasteiger partial charge >= 0.3 is 6.09 Å². The van der Waals surface area contributed by atoms with Crippen molar-refractivity contribution in [2.75, 3.05) is 31.1 Å². The number of anilines is 1. The number of ether oxygens (including phenoxy) is 1. The molecule has 234 valence electrons. The van der Waals surface area contributed by atoms with E-state index in [1.54, 1.807) is 18.3 Å². The zero-order valence-corrected chi connectivity index (χ0v) is 26.9. The van der Waals surface area contributed by atoms with E-state index in [0.29, 0.717) is 10.6 Å². The Morgan fingerprint density at radius 1 is 0.909 bits per heavy atom. The second-order valence-corrected chi connectivity index (χ2v) is 13.2. The molecule has 0 radical (unpaired) electrons. The first-order valence-corrected chi connectivity index (χ1v) is 15.9. The second-order valence-electron chi connectivity index (χ2n) is 12.8. The van der Waals surface area contributed by atoms with Crippen molar-refractivity contribution in [3.63, 3.8) is 0 Å². The van der Waals surface area contributed by atoms with Crippen LogP contribution in [0.2, 0.25) is 5.02 Å². The van der Waals surface area contributed by atoms with Crippen molar-refractivity contribution in [3.8, 4) is 11.1 Å². The van der Waals surface area contributed by atoms with Crippen molar-refractivity contribution in [1.82, 2.24) is 25.5 Å². The van der Waals surface area contributed by atoms with Crippen LogP contribution in [0, 0.1) is 6.92 Å². The van der Waals surface area contributed by atoms with Gasteiger partial charge in [-0.2, -0.15) is 0 Å². The number of halogens is 1. The number of hydrogen-bond donors (Lipinski definition) is 2. The molecule has 1 aromatic carbocycles. The van der Waals surface area contributed by atoms with Crippen LogP contribution in [0.5, 0.6) is 0 Å². The summed E-state index contributed by atoms with van der Waals surface area (Å²) in [5.74, 6) is 0.890. The number of nitrogens with one attached hydrogen (secondary N) is 2. The Bertz CT molecular complexity index is 1420. The van der Waals surface area contributed by atoms with Gasteiger partial charge in [-0.1, -0.05) is 23.7 Å². The molecular formula is C34H43ClN6O3. The number of pyridine rings is 2. The van der Waals surface area contributed by atoms with E-state index in [1.165, 1.54) is 5.56 Å². The van der Waals surface area contributed by atoms with E-state index in [1.807, 2.05) is 52.1 Å². The van der Waals surface area contributed by atoms with Crippen LogP contribution in [-0.2, 0) is 11.3 Å². The molecule has 2 aliphatic heterocycles. The standard InChI is InChI=1S/C34H43ClN6O3/c1-23-5-7-26(21-36-23)29-19-25(8-9-30(29)35)32(42)38-27-11-15-40(16-12-27)22-24-6-10-31(37-20-24)41-17-13-28(14-18-41)39-33(43)44-34(2,3)4/h5-10,19-21,27-28H,11-18,22H2,1-4H3,(H,38,42)(H,39,43). The third-order valence-electron chi connectivity index (χ3n) is 8.13. The van der Waals surface area contributed by atoms with Crippen LogP contribution in [0.3, 0.4) is 0 Å². The van der Waals surface area contributed by atoms with E-state index in [0.717, 1.165) is 81.0 Å². The number of nitrogens with zero attached hydrogens (tertiary/aromatic N) is 4. The van der Waals surface area contributed by atoms with Crippen LogP contribution >= 0.6 is 11.6 Å². The lowest BCUT2D eigenvalue weighted by Crippen LogP contribution is -2.46. The lowest BCUT2D eigenvalue weighted by Gasteiger charge is -2.34. The SMILES string of the molecule is Cc1ccc(-c2cc(C(=O)NC3CCN(Cc4ccc(N5CCC(NC(=O)OC(C)(C)C)CC5)nc4)CC3)ccc2Cl)cn1. The van der Waals surface area contributed by atoms with Gasteiger partial charge in [0.2, 0.25) is 0 Å². The molecule has 0 unspecified atom stereocenters. The molecule has 2 aromatic heterocycles. The molecule has 10 heteroatoms. The summed E-state index contributed by atoms with van der Waals surface area (Å²) in [7, 11) is 0. The van der Waals surface area contributed by atoms with Gasteiger partial charge in [0.05, 0.1) is 0 Å². The Labute approximate surface area is 265 Å². The van der Waals surface area contributed by atoms with Crippen molar-refractivity contribution in [3.05, 3.63) is 76.7 Å². The molecule has 3 aromatic rings. The van der Waals surface area contributed by atoms with Crippen molar-refractivity contribution in [1.29, 1.82) is 0 Å². The first-order chi connectivity index (χ1) is 21.0. The Hall–Kier alpha value is -3.69. The number of likely N-dealkylation sites (tertiary alicyclic amines) is 1. The van der Waals surface area contributed by atoms with Gasteiger partial charge in [-0.15, -0.1) is 0 Å². The highest BCUT2D eigenvalue weighted by Gasteiger charge is 2.25. The number of hydrogen-bond acceptors (Lipinski definition) is 7. The quantitative estimate of drug-likeness (QED) is 0.335. The number of carbonyl (C=O) groups excluding carboxylic acids is 2. The van der Waals surface area contributed by atoms with Crippen LogP contribution in [0.4, 0.5) is 10.6 Å². The largest absolute Gasteiger partial charge is 0.444 e. The first-order valence-electron chi connectivity index (χ1n) is 15.5. The predicted octanol–water partition coefficient (Wildman–Crippen LogP) is 5.99. The van der Waals surface area contributed by atoms with Gasteiger partial charge in [0, 0.05) is 84.6 Å². The number of carbonyl (C=O) groups is 2. The maximum atomic E-state index is 13.1. The Balaban J connectivity index is 1.06. The van der Waals surface area contributed by atoms with E-state index in [4.69, 9.17) is 21.3 Å². The number of aryl methyl sites for hydroxylation is 1. The summed E-state index contributed by atoms with van der Waals surface area (Å²) in [6.45, 7) is 11.9. The van der Waals surface area contributed by atoms with Gasteiger partial charge in [-0.25, -0.2) is 9.78 Å². The summed E-state index contributed by atoms with van der Waals surface area (Å²) >= 11 is 6.45. The Morgan fingerprint density at radius 2 is 1.61 bits per heavy atom. The van der Waals surface area contributed by atoms with Gasteiger partial charge < -0.3 is 20.3 Å². The number of amides is 2. The predicted molar refractivity (Wildman–Crippen MR) is 174 cm³/mol. The maximum absolute atomic E-state index is 13.1. The molecule has 2 amide bonds. The molecular weight excluding hydrogens is 576 g/mol. The number of aromatic nitrogens is 2. The molecule has 2 N–H and O–H groups in total. The van der Waals surface area contributed by atoms with Crippen LogP contribution in [-0.4, -0.2) is 70.7 Å². The smallest absolute Gasteiger partial charge is 0.407 e. The number of alkyl carbamates (subject to hydrolysis) is 1. The molecule has 2 saturated heterocycles. The molecule has 0 bridgehead atoms. The van der Waals surface area contributed by atoms with E-state index in [2.05, 4.69) is 37.6 Å². The molecule has 4 heterocycles. The zero-order chi connectivity index (χ0) is 31.3. The highest BCUT2D eigenvalue weighted by Crippen LogP contribution is 2.29. The van der Waals surface area contributed by atoms with Gasteiger partial charge in [-0.05, 0) is 89.3 Å². The van der Waals surface area contributed by atoms with Gasteiger partial charge in [0.25, 0.3) is 5.91 Å². The monoisotopic (exact) mass is 618 g/mol. The average molecular weight is 619 g/mol. The minimum Gasteiger partial charge on any atom is -0.444 e. The van der Waals surface area contributed by atoms with E-state index < -0.39 is 5.60 Å². The highest BCUT2D eigenvalue weighted by atomic mass is 35.5. The Kier molecular flexibility index (Phi) is 10.1. The fourth-order valence-corrected chi connectivity index (χ4v) is 5.93. The molecule has 9 nitrogen and oxygen atoms in total. The highest BCUT2D eigenvalue weighted by molar-refractivity contribution is 6.33. The van der Waals surface area contributed by atoms with E-state index in [-0.39, 0.29) is 24.1 Å². The van der Waals surface area contributed by atoms with Gasteiger partial charge in [0.15, 0.2) is 0 Å². The molecule has 0 spiro atoms. The number of rotatable bonds is 7. The molecule has 2 aliphatic rings. The van der Waals surface area contributed by atoms with Crippen LogP contribution in [0.1, 0.15) is 68.1 Å². The summed E-state index contributed by atoms with van der Waals surface area (Å²) in [6, 6.07) is 13.8. The third-order valence-corrected chi connectivity index (χ3v) is 8.46. The third kappa shape index (κ3) is 8.70. The van der Waals surface area contributed by atoms with Crippen molar-refractivity contribution in [2.45, 2.75) is 77.6 Å². The van der Waals surface area contributed by atoms with E-state index in [9.17, 15) is 9.59 Å². The topological polar surface area (TPSA) is 99.7 Å². The maximum Gasteiger partial charge on any atom is 0.407 e. The van der Waals surface area contributed by atoms with Gasteiger partial charge in [0.1, 0.15) is 11.4 Å². The van der Waals surface area contributed by atoms with Crippen molar-refractivity contribution in [2.24, 2.45) is 0 Å². The Morgan fingerprint density at radius 3 is 2.25 bits per heavy atom.